The summed E-state index contributed by atoms with van der Waals surface area (Å²) in [6.45, 7) is 4.33. The van der Waals surface area contributed by atoms with Gasteiger partial charge < -0.3 is 14.8 Å². The predicted molar refractivity (Wildman–Crippen MR) is 99.9 cm³/mol. The Balaban J connectivity index is 1.77. The Morgan fingerprint density at radius 3 is 2.69 bits per heavy atom. The largest absolute Gasteiger partial charge is 0.497 e. The zero-order valence-electron chi connectivity index (χ0n) is 15.0. The van der Waals surface area contributed by atoms with E-state index in [1.165, 1.54) is 0 Å². The summed E-state index contributed by atoms with van der Waals surface area (Å²) in [5, 5.41) is 10.9. The second-order valence-electron chi connectivity index (χ2n) is 5.66. The molecule has 2 N–H and O–H groups in total. The first kappa shape index (κ1) is 17.9. The molecule has 0 atom stereocenters. The van der Waals surface area contributed by atoms with Crippen LogP contribution in [0.3, 0.4) is 0 Å². The van der Waals surface area contributed by atoms with Gasteiger partial charge in [0.1, 0.15) is 17.2 Å². The summed E-state index contributed by atoms with van der Waals surface area (Å²) < 4.78 is 10.6. The smallest absolute Gasteiger partial charge is 0.269 e. The molecule has 2 heterocycles. The number of aromatic amines is 1. The lowest BCUT2D eigenvalue weighted by molar-refractivity contribution is 0.0946. The SMILES string of the molecule is COc1ccc(OC)c(-c2cc(C(=O)NCc3sc(C)nc3C)[nH]n2)c1. The minimum atomic E-state index is -0.226. The zero-order valence-corrected chi connectivity index (χ0v) is 15.9. The lowest BCUT2D eigenvalue weighted by Crippen LogP contribution is -2.23. The Kier molecular flexibility index (Phi) is 5.22. The molecule has 0 fully saturated rings. The fourth-order valence-corrected chi connectivity index (χ4v) is 3.46. The van der Waals surface area contributed by atoms with Crippen LogP contribution >= 0.6 is 11.3 Å². The van der Waals surface area contributed by atoms with Gasteiger partial charge in [-0.3, -0.25) is 9.89 Å². The maximum absolute atomic E-state index is 12.4. The summed E-state index contributed by atoms with van der Waals surface area (Å²) >= 11 is 1.58. The predicted octanol–water partition coefficient (Wildman–Crippen LogP) is 3.10. The Morgan fingerprint density at radius 1 is 1.23 bits per heavy atom. The van der Waals surface area contributed by atoms with Crippen LogP contribution in [0.5, 0.6) is 11.5 Å². The van der Waals surface area contributed by atoms with E-state index in [4.69, 9.17) is 9.47 Å². The summed E-state index contributed by atoms with van der Waals surface area (Å²) in [6, 6.07) is 7.12. The van der Waals surface area contributed by atoms with E-state index in [2.05, 4.69) is 20.5 Å². The molecule has 0 saturated carbocycles. The summed E-state index contributed by atoms with van der Waals surface area (Å²) in [4.78, 5) is 17.8. The van der Waals surface area contributed by atoms with Crippen LogP contribution in [0.1, 0.15) is 26.1 Å². The van der Waals surface area contributed by atoms with E-state index in [1.807, 2.05) is 26.0 Å². The fourth-order valence-electron chi connectivity index (χ4n) is 2.58. The third kappa shape index (κ3) is 3.70. The molecular formula is C18H20N4O3S. The standard InChI is InChI=1S/C18H20N4O3S/c1-10-17(26-11(2)20-10)9-19-18(23)15-8-14(21-22-15)13-7-12(24-3)5-6-16(13)25-4/h5-8H,9H2,1-4H3,(H,19,23)(H,21,22). The number of H-pyrrole nitrogens is 1. The van der Waals surface area contributed by atoms with E-state index in [1.54, 1.807) is 37.7 Å². The molecule has 136 valence electrons. The molecule has 7 nitrogen and oxygen atoms in total. The fraction of sp³-hybridized carbons (Fsp3) is 0.278. The second kappa shape index (κ2) is 7.57. The summed E-state index contributed by atoms with van der Waals surface area (Å²) in [5.41, 5.74) is 2.68. The number of hydrogen-bond donors (Lipinski definition) is 2. The lowest BCUT2D eigenvalue weighted by Gasteiger charge is -2.08. The highest BCUT2D eigenvalue weighted by molar-refractivity contribution is 7.11. The number of nitrogens with one attached hydrogen (secondary N) is 2. The quantitative estimate of drug-likeness (QED) is 0.694. The molecule has 0 saturated heterocycles. The Hall–Kier alpha value is -2.87. The van der Waals surface area contributed by atoms with Crippen LogP contribution in [0.2, 0.25) is 0 Å². The van der Waals surface area contributed by atoms with E-state index in [-0.39, 0.29) is 5.91 Å². The molecule has 0 bridgehead atoms. The number of amides is 1. The molecule has 0 aliphatic carbocycles. The van der Waals surface area contributed by atoms with E-state index in [0.29, 0.717) is 29.4 Å². The van der Waals surface area contributed by atoms with Gasteiger partial charge in [-0.25, -0.2) is 4.98 Å². The van der Waals surface area contributed by atoms with Crippen molar-refractivity contribution in [1.82, 2.24) is 20.5 Å². The van der Waals surface area contributed by atoms with Crippen molar-refractivity contribution in [2.45, 2.75) is 20.4 Å². The maximum Gasteiger partial charge on any atom is 0.269 e. The van der Waals surface area contributed by atoms with Crippen LogP contribution in [-0.4, -0.2) is 35.3 Å². The Morgan fingerprint density at radius 2 is 2.04 bits per heavy atom. The lowest BCUT2D eigenvalue weighted by atomic mass is 10.1. The number of thiazole rings is 1. The third-order valence-electron chi connectivity index (χ3n) is 3.91. The van der Waals surface area contributed by atoms with Crippen LogP contribution in [0.25, 0.3) is 11.3 Å². The Labute approximate surface area is 155 Å². The van der Waals surface area contributed by atoms with Gasteiger partial charge in [0, 0.05) is 10.4 Å². The molecule has 0 aliphatic rings. The number of carbonyl (C=O) groups excluding carboxylic acids is 1. The van der Waals surface area contributed by atoms with Gasteiger partial charge in [-0.1, -0.05) is 0 Å². The molecule has 3 rings (SSSR count). The highest BCUT2D eigenvalue weighted by Gasteiger charge is 2.15. The first-order valence-corrected chi connectivity index (χ1v) is 8.82. The zero-order chi connectivity index (χ0) is 18.7. The Bertz CT molecular complexity index is 932. The minimum absolute atomic E-state index is 0.226. The van der Waals surface area contributed by atoms with Gasteiger partial charge in [-0.15, -0.1) is 11.3 Å². The van der Waals surface area contributed by atoms with Crippen LogP contribution in [0.15, 0.2) is 24.3 Å². The highest BCUT2D eigenvalue weighted by Crippen LogP contribution is 2.32. The molecule has 0 unspecified atom stereocenters. The van der Waals surface area contributed by atoms with Gasteiger partial charge in [0.15, 0.2) is 0 Å². The van der Waals surface area contributed by atoms with Crippen molar-refractivity contribution in [2.75, 3.05) is 14.2 Å². The highest BCUT2D eigenvalue weighted by atomic mass is 32.1. The van der Waals surface area contributed by atoms with Crippen molar-refractivity contribution in [3.8, 4) is 22.8 Å². The first-order valence-electron chi connectivity index (χ1n) is 8.00. The minimum Gasteiger partial charge on any atom is -0.497 e. The van der Waals surface area contributed by atoms with Crippen molar-refractivity contribution >= 4 is 17.2 Å². The van der Waals surface area contributed by atoms with Gasteiger partial charge in [-0.05, 0) is 38.1 Å². The maximum atomic E-state index is 12.4. The number of aryl methyl sites for hydroxylation is 2. The van der Waals surface area contributed by atoms with Gasteiger partial charge in [0.05, 0.1) is 37.2 Å². The number of carbonyl (C=O) groups is 1. The van der Waals surface area contributed by atoms with Gasteiger partial charge in [-0.2, -0.15) is 5.10 Å². The molecule has 1 amide bonds. The van der Waals surface area contributed by atoms with Gasteiger partial charge in [0.25, 0.3) is 5.91 Å². The van der Waals surface area contributed by atoms with Crippen LogP contribution < -0.4 is 14.8 Å². The van der Waals surface area contributed by atoms with Crippen molar-refractivity contribution in [3.63, 3.8) is 0 Å². The molecular weight excluding hydrogens is 352 g/mol. The number of methoxy groups -OCH3 is 2. The van der Waals surface area contributed by atoms with Crippen LogP contribution in [0.4, 0.5) is 0 Å². The topological polar surface area (TPSA) is 89.1 Å². The molecule has 8 heteroatoms. The number of ether oxygens (including phenoxy) is 2. The summed E-state index contributed by atoms with van der Waals surface area (Å²) in [6.07, 6.45) is 0. The normalized spacial score (nSPS) is 10.6. The van der Waals surface area contributed by atoms with Gasteiger partial charge >= 0.3 is 0 Å². The van der Waals surface area contributed by atoms with E-state index in [0.717, 1.165) is 21.1 Å². The van der Waals surface area contributed by atoms with E-state index < -0.39 is 0 Å². The average molecular weight is 372 g/mol. The van der Waals surface area contributed by atoms with Crippen LogP contribution in [0, 0.1) is 13.8 Å². The third-order valence-corrected chi connectivity index (χ3v) is 4.99. The van der Waals surface area contributed by atoms with Crippen molar-refractivity contribution in [1.29, 1.82) is 0 Å². The van der Waals surface area contributed by atoms with E-state index >= 15 is 0 Å². The van der Waals surface area contributed by atoms with Gasteiger partial charge in [0.2, 0.25) is 0 Å². The molecule has 26 heavy (non-hydrogen) atoms. The number of aromatic nitrogens is 3. The van der Waals surface area contributed by atoms with Crippen molar-refractivity contribution in [2.24, 2.45) is 0 Å². The average Bonchev–Trinajstić information content (AvgIpc) is 3.25. The monoisotopic (exact) mass is 372 g/mol. The summed E-state index contributed by atoms with van der Waals surface area (Å²) in [5.74, 6) is 1.11. The number of rotatable bonds is 6. The second-order valence-corrected chi connectivity index (χ2v) is 6.94. The summed E-state index contributed by atoms with van der Waals surface area (Å²) in [7, 11) is 3.18. The first-order chi connectivity index (χ1) is 12.5. The molecule has 2 aromatic heterocycles. The molecule has 0 aliphatic heterocycles. The molecule has 0 radical (unpaired) electrons. The van der Waals surface area contributed by atoms with Crippen molar-refractivity contribution < 1.29 is 14.3 Å². The van der Waals surface area contributed by atoms with E-state index in [9.17, 15) is 4.79 Å². The molecule has 0 spiro atoms. The molecule has 1 aromatic carbocycles. The van der Waals surface area contributed by atoms with Crippen molar-refractivity contribution in [3.05, 3.63) is 45.5 Å². The molecule has 3 aromatic rings. The number of hydrogen-bond acceptors (Lipinski definition) is 6. The number of benzene rings is 1. The van der Waals surface area contributed by atoms with Crippen LogP contribution in [-0.2, 0) is 6.54 Å². The number of nitrogens with zero attached hydrogens (tertiary/aromatic N) is 2.